The van der Waals surface area contributed by atoms with Gasteiger partial charge in [-0.1, -0.05) is 77.9 Å². The zero-order valence-corrected chi connectivity index (χ0v) is 19.2. The maximum atomic E-state index is 14.2. The summed E-state index contributed by atoms with van der Waals surface area (Å²) in [6, 6.07) is 18.6. The van der Waals surface area contributed by atoms with E-state index in [0.29, 0.717) is 11.5 Å². The smallest absolute Gasteiger partial charge is 0.416 e. The predicted octanol–water partition coefficient (Wildman–Crippen LogP) is 7.82. The molecule has 154 valence electrons. The molecule has 3 nitrogen and oxygen atoms in total. The molecule has 0 N–H and O–H groups in total. The van der Waals surface area contributed by atoms with Crippen LogP contribution in [0.3, 0.4) is 0 Å². The molecule has 2 rings (SSSR count). The van der Waals surface area contributed by atoms with Crippen LogP contribution in [0.25, 0.3) is 0 Å². The van der Waals surface area contributed by atoms with Gasteiger partial charge in [0, 0.05) is 0 Å². The highest BCUT2D eigenvalue weighted by Crippen LogP contribution is 2.59. The minimum atomic E-state index is -3.49. The van der Waals surface area contributed by atoms with Crippen LogP contribution in [-0.2, 0) is 4.57 Å². The Labute approximate surface area is 171 Å². The lowest BCUT2D eigenvalue weighted by molar-refractivity contribution is 0.154. The van der Waals surface area contributed by atoms with E-state index in [1.807, 2.05) is 67.6 Å². The maximum absolute atomic E-state index is 14.2. The SMILES string of the molecule is CC(C(CC(C)(C)C)C(C)(C)C)P(=O)(Oc1ccccc1)Oc1ccccc1. The molecule has 0 heterocycles. The van der Waals surface area contributed by atoms with Crippen molar-refractivity contribution >= 4 is 7.60 Å². The maximum Gasteiger partial charge on any atom is 0.433 e. The molecule has 0 saturated carbocycles. The van der Waals surface area contributed by atoms with Crippen LogP contribution >= 0.6 is 7.60 Å². The quantitative estimate of drug-likeness (QED) is 0.443. The van der Waals surface area contributed by atoms with E-state index in [9.17, 15) is 4.57 Å². The molecule has 0 spiro atoms. The van der Waals surface area contributed by atoms with Crippen LogP contribution in [0.5, 0.6) is 11.5 Å². The van der Waals surface area contributed by atoms with Crippen LogP contribution in [0, 0.1) is 16.7 Å². The summed E-state index contributed by atoms with van der Waals surface area (Å²) >= 11 is 0. The van der Waals surface area contributed by atoms with Crippen LogP contribution in [0.15, 0.2) is 60.7 Å². The number of rotatable bonds is 7. The van der Waals surface area contributed by atoms with Gasteiger partial charge in [0.15, 0.2) is 0 Å². The molecule has 0 aliphatic heterocycles. The minimum absolute atomic E-state index is 0.0392. The Kier molecular flexibility index (Phi) is 7.04. The first-order chi connectivity index (χ1) is 12.9. The van der Waals surface area contributed by atoms with Crippen molar-refractivity contribution in [2.24, 2.45) is 16.7 Å². The van der Waals surface area contributed by atoms with E-state index in [4.69, 9.17) is 9.05 Å². The van der Waals surface area contributed by atoms with Gasteiger partial charge in [-0.05, 0) is 54.4 Å². The van der Waals surface area contributed by atoms with Gasteiger partial charge >= 0.3 is 7.60 Å². The summed E-state index contributed by atoms with van der Waals surface area (Å²) < 4.78 is 26.4. The Morgan fingerprint density at radius 1 is 0.786 bits per heavy atom. The fourth-order valence-corrected chi connectivity index (χ4v) is 5.72. The Morgan fingerprint density at radius 3 is 1.50 bits per heavy atom. The van der Waals surface area contributed by atoms with Gasteiger partial charge in [-0.25, -0.2) is 4.57 Å². The van der Waals surface area contributed by atoms with Crippen LogP contribution in [0.1, 0.15) is 54.9 Å². The predicted molar refractivity (Wildman–Crippen MR) is 118 cm³/mol. The van der Waals surface area contributed by atoms with Crippen molar-refractivity contribution < 1.29 is 13.6 Å². The zero-order chi connectivity index (χ0) is 21.0. The lowest BCUT2D eigenvalue weighted by Crippen LogP contribution is -2.35. The van der Waals surface area contributed by atoms with Crippen LogP contribution < -0.4 is 9.05 Å². The van der Waals surface area contributed by atoms with E-state index >= 15 is 0 Å². The van der Waals surface area contributed by atoms with Crippen molar-refractivity contribution in [2.75, 3.05) is 0 Å². The van der Waals surface area contributed by atoms with Crippen molar-refractivity contribution in [1.82, 2.24) is 0 Å². The van der Waals surface area contributed by atoms with Crippen molar-refractivity contribution in [3.05, 3.63) is 60.7 Å². The molecule has 0 aliphatic carbocycles. The van der Waals surface area contributed by atoms with E-state index in [1.54, 1.807) is 0 Å². The third-order valence-corrected chi connectivity index (χ3v) is 7.27. The molecule has 0 saturated heterocycles. The summed E-state index contributed by atoms with van der Waals surface area (Å²) in [7, 11) is -3.49. The molecule has 0 aliphatic rings. The summed E-state index contributed by atoms with van der Waals surface area (Å²) in [5.74, 6) is 1.29. The van der Waals surface area contributed by atoms with E-state index in [1.165, 1.54) is 0 Å². The van der Waals surface area contributed by atoms with Crippen LogP contribution in [-0.4, -0.2) is 5.66 Å². The number of hydrogen-bond acceptors (Lipinski definition) is 3. The highest BCUT2D eigenvalue weighted by molar-refractivity contribution is 7.55. The standard InChI is InChI=1S/C24H35O3P/c1-19(22(24(5,6)7)18-23(2,3)4)28(25,26-20-14-10-8-11-15-20)27-21-16-12-9-13-17-21/h8-17,19,22H,18H2,1-7H3. The molecule has 2 unspecified atom stereocenters. The average molecular weight is 403 g/mol. The Hall–Kier alpha value is -1.73. The molecule has 2 aromatic carbocycles. The second-order valence-corrected chi connectivity index (χ2v) is 12.1. The number of para-hydroxylation sites is 2. The van der Waals surface area contributed by atoms with E-state index in [2.05, 4.69) is 41.5 Å². The van der Waals surface area contributed by atoms with Gasteiger partial charge in [-0.15, -0.1) is 0 Å². The van der Waals surface area contributed by atoms with Crippen molar-refractivity contribution in [3.8, 4) is 11.5 Å². The molecule has 0 amide bonds. The summed E-state index contributed by atoms with van der Waals surface area (Å²) in [4.78, 5) is 0. The van der Waals surface area contributed by atoms with Gasteiger partial charge in [0.1, 0.15) is 11.5 Å². The zero-order valence-electron chi connectivity index (χ0n) is 18.3. The number of hydrogen-bond donors (Lipinski definition) is 0. The molecular formula is C24H35O3P. The Bertz CT molecular complexity index is 727. The molecule has 0 fully saturated rings. The van der Waals surface area contributed by atoms with Gasteiger partial charge in [0.05, 0.1) is 5.66 Å². The third kappa shape index (κ3) is 6.41. The largest absolute Gasteiger partial charge is 0.433 e. The fourth-order valence-electron chi connectivity index (χ4n) is 3.52. The second-order valence-electron chi connectivity index (χ2n) is 9.83. The molecule has 0 bridgehead atoms. The van der Waals surface area contributed by atoms with Crippen LogP contribution in [0.4, 0.5) is 0 Å². The lowest BCUT2D eigenvalue weighted by Gasteiger charge is -2.41. The van der Waals surface area contributed by atoms with Crippen molar-refractivity contribution in [1.29, 1.82) is 0 Å². The molecule has 0 aromatic heterocycles. The topological polar surface area (TPSA) is 35.5 Å². The summed E-state index contributed by atoms with van der Waals surface area (Å²) in [5.41, 5.74) is -0.203. The Balaban J connectivity index is 2.44. The first kappa shape index (κ1) is 22.6. The lowest BCUT2D eigenvalue weighted by atomic mass is 9.71. The van der Waals surface area contributed by atoms with Gasteiger partial charge in [-0.3, -0.25) is 0 Å². The van der Waals surface area contributed by atoms with E-state index < -0.39 is 7.60 Å². The highest BCUT2D eigenvalue weighted by Gasteiger charge is 2.46. The van der Waals surface area contributed by atoms with E-state index in [-0.39, 0.29) is 22.4 Å². The van der Waals surface area contributed by atoms with Gasteiger partial charge in [0.25, 0.3) is 0 Å². The minimum Gasteiger partial charge on any atom is -0.416 e. The monoisotopic (exact) mass is 402 g/mol. The molecule has 4 heteroatoms. The summed E-state index contributed by atoms with van der Waals surface area (Å²) in [5, 5.41) is 0. The molecule has 0 radical (unpaired) electrons. The second kappa shape index (κ2) is 8.74. The van der Waals surface area contributed by atoms with Gasteiger partial charge in [-0.2, -0.15) is 0 Å². The third-order valence-electron chi connectivity index (χ3n) is 4.98. The van der Waals surface area contributed by atoms with Crippen molar-refractivity contribution in [3.63, 3.8) is 0 Å². The van der Waals surface area contributed by atoms with Crippen molar-refractivity contribution in [2.45, 2.75) is 60.5 Å². The fraction of sp³-hybridized carbons (Fsp3) is 0.500. The van der Waals surface area contributed by atoms with E-state index in [0.717, 1.165) is 6.42 Å². The van der Waals surface area contributed by atoms with Crippen LogP contribution in [0.2, 0.25) is 0 Å². The normalized spacial score (nSPS) is 15.0. The summed E-state index contributed by atoms with van der Waals surface area (Å²) in [6.07, 6.45) is 0.929. The first-order valence-corrected chi connectivity index (χ1v) is 11.6. The Morgan fingerprint density at radius 2 is 1.18 bits per heavy atom. The average Bonchev–Trinajstić information content (AvgIpc) is 2.59. The van der Waals surface area contributed by atoms with Gasteiger partial charge in [0.2, 0.25) is 0 Å². The highest BCUT2D eigenvalue weighted by atomic mass is 31.2. The molecule has 28 heavy (non-hydrogen) atoms. The van der Waals surface area contributed by atoms with Gasteiger partial charge < -0.3 is 9.05 Å². The first-order valence-electron chi connectivity index (χ1n) is 10.00. The number of benzene rings is 2. The molecule has 2 atom stereocenters. The molecule has 2 aromatic rings. The summed E-state index contributed by atoms with van der Waals surface area (Å²) in [6.45, 7) is 15.3. The molecular weight excluding hydrogens is 367 g/mol.